The van der Waals surface area contributed by atoms with E-state index in [-0.39, 0.29) is 5.56 Å². The van der Waals surface area contributed by atoms with Gasteiger partial charge in [-0.3, -0.25) is 9.36 Å². The SMILES string of the molecule is CSc1nccc(=O)n1-c1cccc(Cl)c1. The van der Waals surface area contributed by atoms with Crippen LogP contribution in [-0.2, 0) is 0 Å². The van der Waals surface area contributed by atoms with Crippen LogP contribution in [0.4, 0.5) is 0 Å². The smallest absolute Gasteiger partial charge is 0.258 e. The van der Waals surface area contributed by atoms with Crippen molar-refractivity contribution in [3.8, 4) is 5.69 Å². The molecule has 3 nitrogen and oxygen atoms in total. The average Bonchev–Trinajstić information content (AvgIpc) is 2.28. The zero-order valence-corrected chi connectivity index (χ0v) is 10.1. The van der Waals surface area contributed by atoms with Crippen molar-refractivity contribution >= 4 is 23.4 Å². The molecule has 5 heteroatoms. The van der Waals surface area contributed by atoms with Crippen LogP contribution >= 0.6 is 23.4 Å². The van der Waals surface area contributed by atoms with Gasteiger partial charge in [0.15, 0.2) is 5.16 Å². The van der Waals surface area contributed by atoms with Crippen molar-refractivity contribution in [3.05, 3.63) is 51.9 Å². The highest BCUT2D eigenvalue weighted by Gasteiger charge is 2.06. The zero-order valence-electron chi connectivity index (χ0n) is 8.55. The lowest BCUT2D eigenvalue weighted by atomic mass is 10.3. The molecular weight excluding hydrogens is 244 g/mol. The molecule has 82 valence electrons. The fourth-order valence-corrected chi connectivity index (χ4v) is 2.12. The van der Waals surface area contributed by atoms with Gasteiger partial charge in [0.25, 0.3) is 5.56 Å². The average molecular weight is 253 g/mol. The van der Waals surface area contributed by atoms with E-state index < -0.39 is 0 Å². The summed E-state index contributed by atoms with van der Waals surface area (Å²) < 4.78 is 1.54. The van der Waals surface area contributed by atoms with E-state index in [2.05, 4.69) is 4.98 Å². The Balaban J connectivity index is 2.68. The van der Waals surface area contributed by atoms with E-state index >= 15 is 0 Å². The van der Waals surface area contributed by atoms with Crippen molar-refractivity contribution < 1.29 is 0 Å². The Labute approximate surface area is 102 Å². The Hall–Kier alpha value is -1.26. The normalized spacial score (nSPS) is 10.4. The van der Waals surface area contributed by atoms with Crippen LogP contribution < -0.4 is 5.56 Å². The largest absolute Gasteiger partial charge is 0.269 e. The molecule has 0 amide bonds. The molecule has 16 heavy (non-hydrogen) atoms. The van der Waals surface area contributed by atoms with Gasteiger partial charge >= 0.3 is 0 Å². The van der Waals surface area contributed by atoms with Crippen LogP contribution in [0.25, 0.3) is 5.69 Å². The van der Waals surface area contributed by atoms with Crippen LogP contribution in [-0.4, -0.2) is 15.8 Å². The molecule has 0 fully saturated rings. The van der Waals surface area contributed by atoms with E-state index in [9.17, 15) is 4.79 Å². The molecular formula is C11H9ClN2OS. The van der Waals surface area contributed by atoms with Gasteiger partial charge in [-0.05, 0) is 24.5 Å². The van der Waals surface area contributed by atoms with Gasteiger partial charge in [-0.15, -0.1) is 0 Å². The second-order valence-electron chi connectivity index (χ2n) is 3.09. The van der Waals surface area contributed by atoms with Crippen LogP contribution in [0.15, 0.2) is 46.5 Å². The molecule has 1 aromatic heterocycles. The van der Waals surface area contributed by atoms with E-state index in [0.717, 1.165) is 5.69 Å². The molecule has 0 spiro atoms. The van der Waals surface area contributed by atoms with Crippen molar-refractivity contribution in [2.75, 3.05) is 6.26 Å². The van der Waals surface area contributed by atoms with Gasteiger partial charge in [0.1, 0.15) is 0 Å². The number of hydrogen-bond donors (Lipinski definition) is 0. The van der Waals surface area contributed by atoms with Crippen LogP contribution in [0.2, 0.25) is 5.02 Å². The quantitative estimate of drug-likeness (QED) is 0.609. The fraction of sp³-hybridized carbons (Fsp3) is 0.0909. The van der Waals surface area contributed by atoms with E-state index in [1.807, 2.05) is 12.3 Å². The second kappa shape index (κ2) is 4.72. The predicted molar refractivity (Wildman–Crippen MR) is 66.6 cm³/mol. The van der Waals surface area contributed by atoms with Gasteiger partial charge < -0.3 is 0 Å². The van der Waals surface area contributed by atoms with Crippen LogP contribution in [0.1, 0.15) is 0 Å². The van der Waals surface area contributed by atoms with E-state index in [1.165, 1.54) is 28.6 Å². The molecule has 0 atom stereocenters. The predicted octanol–water partition coefficient (Wildman–Crippen LogP) is 2.61. The maximum atomic E-state index is 11.8. The van der Waals surface area contributed by atoms with Gasteiger partial charge in [0.05, 0.1) is 5.69 Å². The minimum absolute atomic E-state index is 0.110. The Morgan fingerprint density at radius 2 is 2.19 bits per heavy atom. The molecule has 2 aromatic rings. The lowest BCUT2D eigenvalue weighted by molar-refractivity contribution is 0.797. The first-order chi connectivity index (χ1) is 7.72. The number of nitrogens with zero attached hydrogens (tertiary/aromatic N) is 2. The zero-order chi connectivity index (χ0) is 11.5. The first-order valence-electron chi connectivity index (χ1n) is 4.60. The van der Waals surface area contributed by atoms with E-state index in [1.54, 1.807) is 18.2 Å². The Kier molecular flexibility index (Phi) is 3.31. The minimum Gasteiger partial charge on any atom is -0.269 e. The van der Waals surface area contributed by atoms with Crippen molar-refractivity contribution in [1.82, 2.24) is 9.55 Å². The summed E-state index contributed by atoms with van der Waals surface area (Å²) in [5.41, 5.74) is 0.622. The van der Waals surface area contributed by atoms with Crippen LogP contribution in [0.3, 0.4) is 0 Å². The number of thioether (sulfide) groups is 1. The maximum Gasteiger partial charge on any atom is 0.258 e. The van der Waals surface area contributed by atoms with E-state index in [0.29, 0.717) is 10.2 Å². The fourth-order valence-electron chi connectivity index (χ4n) is 1.39. The summed E-state index contributed by atoms with van der Waals surface area (Å²) in [5.74, 6) is 0. The maximum absolute atomic E-state index is 11.8. The first kappa shape index (κ1) is 11.2. The van der Waals surface area contributed by atoms with Crippen molar-refractivity contribution in [2.45, 2.75) is 5.16 Å². The number of hydrogen-bond acceptors (Lipinski definition) is 3. The summed E-state index contributed by atoms with van der Waals surface area (Å²) in [4.78, 5) is 15.9. The summed E-state index contributed by atoms with van der Waals surface area (Å²) in [5, 5.41) is 1.25. The molecule has 0 saturated heterocycles. The molecule has 2 rings (SSSR count). The number of halogens is 1. The van der Waals surface area contributed by atoms with Crippen molar-refractivity contribution in [3.63, 3.8) is 0 Å². The minimum atomic E-state index is -0.110. The summed E-state index contributed by atoms with van der Waals surface area (Å²) in [6.45, 7) is 0. The third-order valence-corrected chi connectivity index (χ3v) is 2.95. The third-order valence-electron chi connectivity index (χ3n) is 2.06. The number of benzene rings is 1. The van der Waals surface area contributed by atoms with Gasteiger partial charge in [0, 0.05) is 17.3 Å². The molecule has 0 radical (unpaired) electrons. The second-order valence-corrected chi connectivity index (χ2v) is 4.29. The standard InChI is InChI=1S/C11H9ClN2OS/c1-16-11-13-6-5-10(15)14(11)9-4-2-3-8(12)7-9/h2-7H,1H3. The lowest BCUT2D eigenvalue weighted by Gasteiger charge is -2.09. The lowest BCUT2D eigenvalue weighted by Crippen LogP contribution is -2.19. The van der Waals surface area contributed by atoms with Gasteiger partial charge in [0.2, 0.25) is 0 Å². The monoisotopic (exact) mass is 252 g/mol. The van der Waals surface area contributed by atoms with Crippen LogP contribution in [0.5, 0.6) is 0 Å². The van der Waals surface area contributed by atoms with Gasteiger partial charge in [-0.1, -0.05) is 29.4 Å². The highest BCUT2D eigenvalue weighted by Crippen LogP contribution is 2.17. The highest BCUT2D eigenvalue weighted by atomic mass is 35.5. The summed E-state index contributed by atoms with van der Waals surface area (Å²) in [6.07, 6.45) is 3.39. The number of aromatic nitrogens is 2. The van der Waals surface area contributed by atoms with Gasteiger partial charge in [-0.2, -0.15) is 0 Å². The molecule has 0 aliphatic carbocycles. The third kappa shape index (κ3) is 2.13. The highest BCUT2D eigenvalue weighted by molar-refractivity contribution is 7.98. The molecule has 0 aliphatic rings. The molecule has 0 saturated carbocycles. The molecule has 0 aliphatic heterocycles. The first-order valence-corrected chi connectivity index (χ1v) is 6.20. The van der Waals surface area contributed by atoms with Crippen molar-refractivity contribution in [1.29, 1.82) is 0 Å². The summed E-state index contributed by atoms with van der Waals surface area (Å²) in [7, 11) is 0. The number of rotatable bonds is 2. The molecule has 0 N–H and O–H groups in total. The van der Waals surface area contributed by atoms with Gasteiger partial charge in [-0.25, -0.2) is 4.98 Å². The summed E-state index contributed by atoms with van der Waals surface area (Å²) >= 11 is 7.32. The molecule has 1 heterocycles. The molecule has 0 bridgehead atoms. The molecule has 1 aromatic carbocycles. The van der Waals surface area contributed by atoms with Crippen molar-refractivity contribution in [2.24, 2.45) is 0 Å². The summed E-state index contributed by atoms with van der Waals surface area (Å²) in [6, 6.07) is 8.58. The topological polar surface area (TPSA) is 34.9 Å². The van der Waals surface area contributed by atoms with E-state index in [4.69, 9.17) is 11.6 Å². The molecule has 0 unspecified atom stereocenters. The van der Waals surface area contributed by atoms with Crippen LogP contribution in [0, 0.1) is 0 Å². The Bertz CT molecular complexity index is 568. The Morgan fingerprint density at radius 1 is 1.38 bits per heavy atom. The Morgan fingerprint density at radius 3 is 2.88 bits per heavy atom.